The average molecular weight is 286 g/mol. The highest BCUT2D eigenvalue weighted by Crippen LogP contribution is 2.22. The molecule has 4 heteroatoms. The molecule has 21 heavy (non-hydrogen) atoms. The second-order valence-corrected chi connectivity index (χ2v) is 5.44. The molecule has 0 aromatic heterocycles. The van der Waals surface area contributed by atoms with Crippen LogP contribution < -0.4 is 11.1 Å². The summed E-state index contributed by atoms with van der Waals surface area (Å²) in [6.07, 6.45) is 0.386. The number of halogens is 1. The minimum absolute atomic E-state index is 0.300. The van der Waals surface area contributed by atoms with Crippen molar-refractivity contribution >= 4 is 11.6 Å². The first-order chi connectivity index (χ1) is 9.90. The molecule has 0 radical (unpaired) electrons. The molecule has 2 rings (SSSR count). The molecule has 0 saturated carbocycles. The van der Waals surface area contributed by atoms with Crippen LogP contribution in [0.1, 0.15) is 18.1 Å². The topological polar surface area (TPSA) is 55.1 Å². The van der Waals surface area contributed by atoms with Crippen LogP contribution in [0.15, 0.2) is 48.5 Å². The van der Waals surface area contributed by atoms with Crippen molar-refractivity contribution in [2.24, 2.45) is 5.73 Å². The van der Waals surface area contributed by atoms with Crippen LogP contribution in [0.2, 0.25) is 0 Å². The van der Waals surface area contributed by atoms with Gasteiger partial charge in [-0.15, -0.1) is 0 Å². The Balaban J connectivity index is 2.26. The summed E-state index contributed by atoms with van der Waals surface area (Å²) in [5.74, 6) is -0.749. The molecule has 1 atom stereocenters. The normalized spacial score (nSPS) is 13.5. The molecular weight excluding hydrogens is 267 g/mol. The third kappa shape index (κ3) is 3.60. The summed E-state index contributed by atoms with van der Waals surface area (Å²) in [7, 11) is 0. The lowest BCUT2D eigenvalue weighted by atomic mass is 9.91. The lowest BCUT2D eigenvalue weighted by Gasteiger charge is -2.29. The number of aryl methyl sites for hydroxylation is 1. The Morgan fingerprint density at radius 1 is 1.19 bits per heavy atom. The highest BCUT2D eigenvalue weighted by molar-refractivity contribution is 5.88. The van der Waals surface area contributed by atoms with Crippen molar-refractivity contribution in [3.05, 3.63) is 65.5 Å². The molecule has 0 aliphatic rings. The highest BCUT2D eigenvalue weighted by atomic mass is 19.1. The van der Waals surface area contributed by atoms with Crippen molar-refractivity contribution < 1.29 is 9.18 Å². The van der Waals surface area contributed by atoms with Gasteiger partial charge in [-0.25, -0.2) is 4.39 Å². The highest BCUT2D eigenvalue weighted by Gasteiger charge is 2.31. The molecule has 0 aliphatic heterocycles. The number of rotatable bonds is 5. The van der Waals surface area contributed by atoms with Gasteiger partial charge < -0.3 is 11.1 Å². The van der Waals surface area contributed by atoms with E-state index in [-0.39, 0.29) is 5.82 Å². The molecule has 110 valence electrons. The van der Waals surface area contributed by atoms with Gasteiger partial charge in [0.25, 0.3) is 0 Å². The number of nitrogens with one attached hydrogen (secondary N) is 1. The van der Waals surface area contributed by atoms with Gasteiger partial charge in [0.15, 0.2) is 0 Å². The van der Waals surface area contributed by atoms with E-state index in [9.17, 15) is 9.18 Å². The quantitative estimate of drug-likeness (QED) is 0.887. The number of carbonyl (C=O) groups excluding carboxylic acids is 1. The second-order valence-electron chi connectivity index (χ2n) is 5.44. The first-order valence-electron chi connectivity index (χ1n) is 6.79. The van der Waals surface area contributed by atoms with E-state index in [2.05, 4.69) is 5.32 Å². The van der Waals surface area contributed by atoms with E-state index >= 15 is 0 Å². The maximum atomic E-state index is 13.0. The standard InChI is InChI=1S/C17H19FN2O/c1-12-5-3-4-6-15(12)20-17(2,16(19)21)11-13-7-9-14(18)10-8-13/h3-10,20H,11H2,1-2H3,(H2,19,21). The molecule has 0 fully saturated rings. The molecule has 0 heterocycles. The van der Waals surface area contributed by atoms with Gasteiger partial charge in [-0.2, -0.15) is 0 Å². The zero-order valence-electron chi connectivity index (χ0n) is 12.2. The largest absolute Gasteiger partial charge is 0.371 e. The van der Waals surface area contributed by atoms with Crippen molar-refractivity contribution in [3.8, 4) is 0 Å². The van der Waals surface area contributed by atoms with E-state index in [0.717, 1.165) is 16.8 Å². The van der Waals surface area contributed by atoms with E-state index in [4.69, 9.17) is 5.73 Å². The first-order valence-corrected chi connectivity index (χ1v) is 6.79. The van der Waals surface area contributed by atoms with Crippen molar-refractivity contribution in [2.75, 3.05) is 5.32 Å². The van der Waals surface area contributed by atoms with E-state index in [1.54, 1.807) is 19.1 Å². The molecule has 2 aromatic carbocycles. The summed E-state index contributed by atoms with van der Waals surface area (Å²) >= 11 is 0. The maximum Gasteiger partial charge on any atom is 0.243 e. The predicted octanol–water partition coefficient (Wildman–Crippen LogP) is 3.03. The summed E-state index contributed by atoms with van der Waals surface area (Å²) < 4.78 is 13.0. The molecule has 0 spiro atoms. The van der Waals surface area contributed by atoms with Gasteiger partial charge >= 0.3 is 0 Å². The second kappa shape index (κ2) is 5.95. The van der Waals surface area contributed by atoms with Gasteiger partial charge in [0.05, 0.1) is 0 Å². The first kappa shape index (κ1) is 15.0. The molecule has 0 bridgehead atoms. The number of benzene rings is 2. The molecule has 0 aliphatic carbocycles. The van der Waals surface area contributed by atoms with E-state index < -0.39 is 11.4 Å². The zero-order valence-corrected chi connectivity index (χ0v) is 12.2. The number of amides is 1. The monoisotopic (exact) mass is 286 g/mol. The maximum absolute atomic E-state index is 13.0. The van der Waals surface area contributed by atoms with Crippen LogP contribution in [0.25, 0.3) is 0 Å². The van der Waals surface area contributed by atoms with Crippen LogP contribution in [0.5, 0.6) is 0 Å². The van der Waals surface area contributed by atoms with Crippen molar-refractivity contribution in [3.63, 3.8) is 0 Å². The van der Waals surface area contributed by atoms with E-state index in [1.165, 1.54) is 12.1 Å². The van der Waals surface area contributed by atoms with Crippen LogP contribution in [0.3, 0.4) is 0 Å². The van der Waals surface area contributed by atoms with Crippen LogP contribution in [-0.4, -0.2) is 11.4 Å². The van der Waals surface area contributed by atoms with E-state index in [0.29, 0.717) is 6.42 Å². The Labute approximate surface area is 124 Å². The Hall–Kier alpha value is -2.36. The summed E-state index contributed by atoms with van der Waals surface area (Å²) in [4.78, 5) is 11.9. The van der Waals surface area contributed by atoms with Crippen LogP contribution >= 0.6 is 0 Å². The molecule has 0 saturated heterocycles. The Kier molecular flexibility index (Phi) is 4.26. The van der Waals surface area contributed by atoms with Gasteiger partial charge in [-0.3, -0.25) is 4.79 Å². The molecule has 1 amide bonds. The summed E-state index contributed by atoms with van der Waals surface area (Å²) in [6, 6.07) is 13.8. The number of carbonyl (C=O) groups is 1. The summed E-state index contributed by atoms with van der Waals surface area (Å²) in [5, 5.41) is 3.22. The van der Waals surface area contributed by atoms with Gasteiger partial charge in [0.2, 0.25) is 5.91 Å². The predicted molar refractivity (Wildman–Crippen MR) is 82.5 cm³/mol. The number of hydrogen-bond acceptors (Lipinski definition) is 2. The minimum Gasteiger partial charge on any atom is -0.371 e. The van der Waals surface area contributed by atoms with Gasteiger partial charge in [0, 0.05) is 12.1 Å². The van der Waals surface area contributed by atoms with Crippen LogP contribution in [0.4, 0.5) is 10.1 Å². The Morgan fingerprint density at radius 2 is 1.81 bits per heavy atom. The lowest BCUT2D eigenvalue weighted by Crippen LogP contribution is -2.49. The molecule has 2 aromatic rings. The number of para-hydroxylation sites is 1. The Bertz CT molecular complexity index is 639. The van der Waals surface area contributed by atoms with Crippen molar-refractivity contribution in [1.82, 2.24) is 0 Å². The zero-order chi connectivity index (χ0) is 15.5. The van der Waals surface area contributed by atoms with Crippen molar-refractivity contribution in [2.45, 2.75) is 25.8 Å². The average Bonchev–Trinajstić information content (AvgIpc) is 2.44. The number of primary amides is 1. The minimum atomic E-state index is -0.941. The molecule has 1 unspecified atom stereocenters. The van der Waals surface area contributed by atoms with Crippen molar-refractivity contribution in [1.29, 1.82) is 0 Å². The molecule has 3 N–H and O–H groups in total. The third-order valence-electron chi connectivity index (χ3n) is 3.57. The van der Waals surface area contributed by atoms with Gasteiger partial charge in [-0.1, -0.05) is 30.3 Å². The Morgan fingerprint density at radius 3 is 2.38 bits per heavy atom. The number of hydrogen-bond donors (Lipinski definition) is 2. The molecular formula is C17H19FN2O. The SMILES string of the molecule is Cc1ccccc1NC(C)(Cc1ccc(F)cc1)C(N)=O. The fraction of sp³-hybridized carbons (Fsp3) is 0.235. The lowest BCUT2D eigenvalue weighted by molar-refractivity contribution is -0.121. The number of anilines is 1. The summed E-state index contributed by atoms with van der Waals surface area (Å²) in [5.41, 5.74) is 7.37. The van der Waals surface area contributed by atoms with Crippen LogP contribution in [-0.2, 0) is 11.2 Å². The van der Waals surface area contributed by atoms with Gasteiger partial charge in [0.1, 0.15) is 11.4 Å². The fourth-order valence-corrected chi connectivity index (χ4v) is 2.21. The van der Waals surface area contributed by atoms with E-state index in [1.807, 2.05) is 31.2 Å². The number of nitrogens with two attached hydrogens (primary N) is 1. The molecule has 3 nitrogen and oxygen atoms in total. The van der Waals surface area contributed by atoms with Crippen LogP contribution in [0, 0.1) is 12.7 Å². The fourth-order valence-electron chi connectivity index (χ4n) is 2.21. The third-order valence-corrected chi connectivity index (χ3v) is 3.57. The van der Waals surface area contributed by atoms with Gasteiger partial charge in [-0.05, 0) is 43.2 Å². The summed E-state index contributed by atoms with van der Waals surface area (Å²) in [6.45, 7) is 3.72. The smallest absolute Gasteiger partial charge is 0.243 e.